The Morgan fingerprint density at radius 2 is 2.17 bits per heavy atom. The summed E-state index contributed by atoms with van der Waals surface area (Å²) in [6.07, 6.45) is 3.21. The minimum Gasteiger partial charge on any atom is -0.370 e. The van der Waals surface area contributed by atoms with Gasteiger partial charge in [0.2, 0.25) is 0 Å². The van der Waals surface area contributed by atoms with Crippen LogP contribution < -0.4 is 16.0 Å². The number of hydrogen-bond acceptors (Lipinski definition) is 4. The molecule has 0 aliphatic carbocycles. The van der Waals surface area contributed by atoms with E-state index in [1.165, 1.54) is 18.8 Å². The van der Waals surface area contributed by atoms with E-state index >= 15 is 0 Å². The molecule has 2 aliphatic rings. The average Bonchev–Trinajstić information content (AvgIpc) is 2.72. The topological polar surface area (TPSA) is 53.9 Å². The van der Waals surface area contributed by atoms with Crippen molar-refractivity contribution in [3.8, 4) is 0 Å². The largest absolute Gasteiger partial charge is 0.370 e. The second kappa shape index (κ2) is 5.28. The SMILES string of the molecule is CC1CNCC(CNc2ccnn2C2CNC2)C1. The van der Waals surface area contributed by atoms with E-state index in [2.05, 4.69) is 38.7 Å². The summed E-state index contributed by atoms with van der Waals surface area (Å²) in [5, 5.41) is 14.8. The third kappa shape index (κ3) is 2.52. The van der Waals surface area contributed by atoms with Crippen LogP contribution in [-0.2, 0) is 0 Å². The van der Waals surface area contributed by atoms with Gasteiger partial charge >= 0.3 is 0 Å². The highest BCUT2D eigenvalue weighted by Crippen LogP contribution is 2.20. The number of rotatable bonds is 4. The highest BCUT2D eigenvalue weighted by Gasteiger charge is 2.22. The first-order chi connectivity index (χ1) is 8.83. The Balaban J connectivity index is 1.54. The van der Waals surface area contributed by atoms with Crippen LogP contribution >= 0.6 is 0 Å². The minimum absolute atomic E-state index is 0.533. The number of aromatic nitrogens is 2. The van der Waals surface area contributed by atoms with Gasteiger partial charge in [-0.3, -0.25) is 0 Å². The molecule has 0 aromatic carbocycles. The van der Waals surface area contributed by atoms with Gasteiger partial charge in [-0.15, -0.1) is 0 Å². The van der Waals surface area contributed by atoms with E-state index < -0.39 is 0 Å². The minimum atomic E-state index is 0.533. The van der Waals surface area contributed by atoms with Crippen LogP contribution in [0.1, 0.15) is 19.4 Å². The molecule has 0 bridgehead atoms. The maximum absolute atomic E-state index is 4.42. The molecule has 0 amide bonds. The molecule has 5 nitrogen and oxygen atoms in total. The normalized spacial score (nSPS) is 28.9. The van der Waals surface area contributed by atoms with Crippen molar-refractivity contribution in [2.75, 3.05) is 38.0 Å². The van der Waals surface area contributed by atoms with Crippen molar-refractivity contribution in [3.63, 3.8) is 0 Å². The van der Waals surface area contributed by atoms with E-state index in [4.69, 9.17) is 0 Å². The molecule has 2 saturated heterocycles. The van der Waals surface area contributed by atoms with Crippen LogP contribution in [0, 0.1) is 11.8 Å². The van der Waals surface area contributed by atoms with Crippen LogP contribution in [0.4, 0.5) is 5.82 Å². The molecule has 1 aromatic heterocycles. The fourth-order valence-corrected chi connectivity index (χ4v) is 2.87. The van der Waals surface area contributed by atoms with Crippen LogP contribution in [0.3, 0.4) is 0 Å². The van der Waals surface area contributed by atoms with Crippen molar-refractivity contribution in [1.29, 1.82) is 0 Å². The second-order valence-corrected chi connectivity index (χ2v) is 5.72. The molecule has 2 fully saturated rings. The molecule has 2 aliphatic heterocycles. The first kappa shape index (κ1) is 12.0. The van der Waals surface area contributed by atoms with Crippen LogP contribution in [-0.4, -0.2) is 42.5 Å². The Morgan fingerprint density at radius 3 is 2.89 bits per heavy atom. The van der Waals surface area contributed by atoms with Gasteiger partial charge in [0.05, 0.1) is 12.2 Å². The van der Waals surface area contributed by atoms with Crippen molar-refractivity contribution in [3.05, 3.63) is 12.3 Å². The van der Waals surface area contributed by atoms with Crippen molar-refractivity contribution < 1.29 is 0 Å². The molecule has 3 rings (SSSR count). The number of nitrogens with zero attached hydrogens (tertiary/aromatic N) is 2. The van der Waals surface area contributed by atoms with Crippen LogP contribution in [0.5, 0.6) is 0 Å². The first-order valence-corrected chi connectivity index (χ1v) is 7.01. The Hall–Kier alpha value is -1.07. The molecule has 18 heavy (non-hydrogen) atoms. The first-order valence-electron chi connectivity index (χ1n) is 7.01. The van der Waals surface area contributed by atoms with E-state index in [0.29, 0.717) is 6.04 Å². The van der Waals surface area contributed by atoms with E-state index in [1.54, 1.807) is 0 Å². The smallest absolute Gasteiger partial charge is 0.124 e. The fraction of sp³-hybridized carbons (Fsp3) is 0.769. The third-order valence-electron chi connectivity index (χ3n) is 4.01. The zero-order valence-corrected chi connectivity index (χ0v) is 11.0. The lowest BCUT2D eigenvalue weighted by atomic mass is 9.92. The predicted octanol–water partition coefficient (Wildman–Crippen LogP) is 0.685. The molecule has 1 aromatic rings. The Bertz CT molecular complexity index is 384. The van der Waals surface area contributed by atoms with Crippen LogP contribution in [0.25, 0.3) is 0 Å². The van der Waals surface area contributed by atoms with Crippen LogP contribution in [0.15, 0.2) is 12.3 Å². The van der Waals surface area contributed by atoms with Gasteiger partial charge < -0.3 is 16.0 Å². The summed E-state index contributed by atoms with van der Waals surface area (Å²) in [5.74, 6) is 2.70. The standard InChI is InChI=1S/C13H23N5/c1-10-4-11(6-14-5-10)7-16-13-2-3-17-18(13)12-8-15-9-12/h2-3,10-12,14-16H,4-9H2,1H3. The molecule has 100 valence electrons. The monoisotopic (exact) mass is 249 g/mol. The summed E-state index contributed by atoms with van der Waals surface area (Å²) in [4.78, 5) is 0. The summed E-state index contributed by atoms with van der Waals surface area (Å²) in [7, 11) is 0. The van der Waals surface area contributed by atoms with Crippen molar-refractivity contribution in [2.24, 2.45) is 11.8 Å². The molecule has 5 heteroatoms. The van der Waals surface area contributed by atoms with Gasteiger partial charge in [0.1, 0.15) is 5.82 Å². The maximum Gasteiger partial charge on any atom is 0.124 e. The average molecular weight is 249 g/mol. The van der Waals surface area contributed by atoms with Gasteiger partial charge in [0.25, 0.3) is 0 Å². The molecule has 3 N–H and O–H groups in total. The lowest BCUT2D eigenvalue weighted by molar-refractivity contribution is 0.308. The molecular formula is C13H23N5. The fourth-order valence-electron chi connectivity index (χ4n) is 2.87. The number of hydrogen-bond donors (Lipinski definition) is 3. The highest BCUT2D eigenvalue weighted by atomic mass is 15.4. The quantitative estimate of drug-likeness (QED) is 0.735. The van der Waals surface area contributed by atoms with E-state index in [9.17, 15) is 0 Å². The van der Waals surface area contributed by atoms with Gasteiger partial charge in [0, 0.05) is 25.7 Å². The second-order valence-electron chi connectivity index (χ2n) is 5.72. The molecular weight excluding hydrogens is 226 g/mol. The summed E-state index contributed by atoms with van der Waals surface area (Å²) >= 11 is 0. The molecule has 3 heterocycles. The van der Waals surface area contributed by atoms with Gasteiger partial charge in [-0.2, -0.15) is 5.10 Å². The number of anilines is 1. The third-order valence-corrected chi connectivity index (χ3v) is 4.01. The zero-order chi connectivity index (χ0) is 12.4. The number of nitrogens with one attached hydrogen (secondary N) is 3. The van der Waals surface area contributed by atoms with Crippen LogP contribution in [0.2, 0.25) is 0 Å². The van der Waals surface area contributed by atoms with E-state index in [0.717, 1.165) is 38.0 Å². The molecule has 0 saturated carbocycles. The lowest BCUT2D eigenvalue weighted by Crippen LogP contribution is -2.44. The summed E-state index contributed by atoms with van der Waals surface area (Å²) in [6.45, 7) is 7.75. The Labute approximate surface area is 108 Å². The van der Waals surface area contributed by atoms with E-state index in [1.807, 2.05) is 6.20 Å². The summed E-state index contributed by atoms with van der Waals surface area (Å²) in [6, 6.07) is 2.61. The van der Waals surface area contributed by atoms with Gasteiger partial charge in [-0.05, 0) is 31.3 Å². The predicted molar refractivity (Wildman–Crippen MR) is 72.8 cm³/mol. The van der Waals surface area contributed by atoms with Crippen molar-refractivity contribution in [2.45, 2.75) is 19.4 Å². The highest BCUT2D eigenvalue weighted by molar-refractivity contribution is 5.35. The molecule has 0 radical (unpaired) electrons. The molecule has 2 atom stereocenters. The van der Waals surface area contributed by atoms with Crippen molar-refractivity contribution >= 4 is 5.82 Å². The summed E-state index contributed by atoms with van der Waals surface area (Å²) in [5.41, 5.74) is 0. The van der Waals surface area contributed by atoms with Gasteiger partial charge in [0.15, 0.2) is 0 Å². The Morgan fingerprint density at radius 1 is 1.33 bits per heavy atom. The summed E-state index contributed by atoms with van der Waals surface area (Å²) < 4.78 is 2.12. The van der Waals surface area contributed by atoms with Gasteiger partial charge in [-0.25, -0.2) is 4.68 Å². The molecule has 0 spiro atoms. The maximum atomic E-state index is 4.42. The Kier molecular flexibility index (Phi) is 3.52. The van der Waals surface area contributed by atoms with E-state index in [-0.39, 0.29) is 0 Å². The van der Waals surface area contributed by atoms with Gasteiger partial charge in [-0.1, -0.05) is 6.92 Å². The van der Waals surface area contributed by atoms with Crippen molar-refractivity contribution in [1.82, 2.24) is 20.4 Å². The molecule has 2 unspecified atom stereocenters. The lowest BCUT2D eigenvalue weighted by Gasteiger charge is -2.30. The zero-order valence-electron chi connectivity index (χ0n) is 11.0. The number of piperidine rings is 1.